The van der Waals surface area contributed by atoms with E-state index in [4.69, 9.17) is 4.74 Å². The fourth-order valence-electron chi connectivity index (χ4n) is 0.960. The lowest BCUT2D eigenvalue weighted by atomic mass is 10.2. The summed E-state index contributed by atoms with van der Waals surface area (Å²) in [6.07, 6.45) is 0.753. The van der Waals surface area contributed by atoms with E-state index in [2.05, 4.69) is 4.98 Å². The van der Waals surface area contributed by atoms with Gasteiger partial charge in [-0.1, -0.05) is 0 Å². The molecule has 0 atom stereocenters. The van der Waals surface area contributed by atoms with Gasteiger partial charge in [-0.3, -0.25) is 0 Å². The van der Waals surface area contributed by atoms with Crippen LogP contribution in [0.1, 0.15) is 26.5 Å². The van der Waals surface area contributed by atoms with Gasteiger partial charge in [0.05, 0.1) is 0 Å². The molecular weight excluding hydrogens is 184 g/mol. The summed E-state index contributed by atoms with van der Waals surface area (Å²) in [7, 11) is 0. The molecule has 1 N–H and O–H groups in total. The van der Waals surface area contributed by atoms with Crippen molar-refractivity contribution in [1.29, 1.82) is 0 Å². The van der Waals surface area contributed by atoms with Crippen molar-refractivity contribution in [3.63, 3.8) is 0 Å². The minimum absolute atomic E-state index is 0.475. The summed E-state index contributed by atoms with van der Waals surface area (Å²) < 4.78 is 5.94. The van der Waals surface area contributed by atoms with Crippen molar-refractivity contribution in [1.82, 2.24) is 9.55 Å². The van der Waals surface area contributed by atoms with Crippen LogP contribution >= 0.6 is 0 Å². The Hall–Kier alpha value is -1.52. The van der Waals surface area contributed by atoms with E-state index in [1.54, 1.807) is 27.7 Å². The second kappa shape index (κ2) is 3.32. The highest BCUT2D eigenvalue weighted by atomic mass is 16.6. The van der Waals surface area contributed by atoms with Crippen molar-refractivity contribution in [2.24, 2.45) is 0 Å². The van der Waals surface area contributed by atoms with E-state index in [-0.39, 0.29) is 0 Å². The molecule has 1 aromatic heterocycles. The lowest BCUT2D eigenvalue weighted by molar-refractivity contribution is 0.0531. The van der Waals surface area contributed by atoms with Crippen LogP contribution in [0.2, 0.25) is 0 Å². The molecule has 0 unspecified atom stereocenters. The summed E-state index contributed by atoms with van der Waals surface area (Å²) >= 11 is 0. The SMILES string of the molecule is Cc1cn(C(=O)OC(C)(C)C)c(=O)[nH]1. The number of imidazole rings is 1. The van der Waals surface area contributed by atoms with Gasteiger partial charge in [0.25, 0.3) is 0 Å². The zero-order valence-corrected chi connectivity index (χ0v) is 8.75. The molecule has 5 nitrogen and oxygen atoms in total. The Balaban J connectivity index is 2.91. The Morgan fingerprint density at radius 1 is 1.50 bits per heavy atom. The number of hydrogen-bond donors (Lipinski definition) is 1. The molecule has 0 saturated carbocycles. The third kappa shape index (κ3) is 2.48. The van der Waals surface area contributed by atoms with Gasteiger partial charge in [-0.25, -0.2) is 14.2 Å². The van der Waals surface area contributed by atoms with Crippen molar-refractivity contribution in [3.8, 4) is 0 Å². The van der Waals surface area contributed by atoms with Crippen LogP contribution in [0, 0.1) is 6.92 Å². The van der Waals surface area contributed by atoms with Crippen LogP contribution in [-0.2, 0) is 4.74 Å². The maximum Gasteiger partial charge on any atom is 0.422 e. The van der Waals surface area contributed by atoms with Gasteiger partial charge in [-0.2, -0.15) is 0 Å². The molecule has 1 aromatic rings. The highest BCUT2D eigenvalue weighted by Crippen LogP contribution is 2.07. The van der Waals surface area contributed by atoms with Crippen LogP contribution in [0.3, 0.4) is 0 Å². The van der Waals surface area contributed by atoms with Crippen molar-refractivity contribution >= 4 is 6.09 Å². The molecule has 0 spiro atoms. The molecule has 14 heavy (non-hydrogen) atoms. The first-order valence-electron chi connectivity index (χ1n) is 4.31. The second-order valence-electron chi connectivity index (χ2n) is 4.09. The van der Waals surface area contributed by atoms with E-state index >= 15 is 0 Å². The molecule has 0 fully saturated rings. The molecular formula is C9H14N2O3. The molecule has 0 saturated heterocycles. The number of aryl methyl sites for hydroxylation is 1. The highest BCUT2D eigenvalue weighted by Gasteiger charge is 2.19. The van der Waals surface area contributed by atoms with Crippen molar-refractivity contribution < 1.29 is 9.53 Å². The molecule has 0 radical (unpaired) electrons. The maximum atomic E-state index is 11.4. The molecule has 0 amide bonds. The lowest BCUT2D eigenvalue weighted by Gasteiger charge is -2.18. The summed E-state index contributed by atoms with van der Waals surface area (Å²) in [5.74, 6) is 0. The molecule has 0 aliphatic carbocycles. The molecule has 0 bridgehead atoms. The summed E-state index contributed by atoms with van der Waals surface area (Å²) in [5.41, 5.74) is -0.445. The Kier molecular flexibility index (Phi) is 2.51. The van der Waals surface area contributed by atoms with Crippen LogP contribution in [0.25, 0.3) is 0 Å². The number of aromatic nitrogens is 2. The van der Waals surface area contributed by atoms with Crippen molar-refractivity contribution in [2.75, 3.05) is 0 Å². The normalized spacial score (nSPS) is 11.4. The number of carbonyl (C=O) groups excluding carboxylic acids is 1. The third-order valence-corrected chi connectivity index (χ3v) is 1.44. The molecule has 78 valence electrons. The van der Waals surface area contributed by atoms with E-state index in [9.17, 15) is 9.59 Å². The average Bonchev–Trinajstić information content (AvgIpc) is 2.26. The minimum atomic E-state index is -0.660. The van der Waals surface area contributed by atoms with Gasteiger partial charge in [0.15, 0.2) is 0 Å². The Bertz CT molecular complexity index is 395. The zero-order valence-electron chi connectivity index (χ0n) is 8.75. The number of hydrogen-bond acceptors (Lipinski definition) is 3. The number of ether oxygens (including phenoxy) is 1. The monoisotopic (exact) mass is 198 g/mol. The summed E-state index contributed by atoms with van der Waals surface area (Å²) in [6.45, 7) is 6.93. The molecule has 1 rings (SSSR count). The number of nitrogens with zero attached hydrogens (tertiary/aromatic N) is 1. The number of H-pyrrole nitrogens is 1. The quantitative estimate of drug-likeness (QED) is 0.682. The Morgan fingerprint density at radius 2 is 2.07 bits per heavy atom. The topological polar surface area (TPSA) is 64.1 Å². The van der Waals surface area contributed by atoms with Gasteiger partial charge in [-0.05, 0) is 27.7 Å². The Morgan fingerprint density at radius 3 is 2.43 bits per heavy atom. The van der Waals surface area contributed by atoms with E-state index in [0.29, 0.717) is 5.69 Å². The summed E-state index contributed by atoms with van der Waals surface area (Å²) in [6, 6.07) is 0. The van der Waals surface area contributed by atoms with Gasteiger partial charge in [0.1, 0.15) is 5.60 Å². The van der Waals surface area contributed by atoms with E-state index in [1.807, 2.05) is 0 Å². The van der Waals surface area contributed by atoms with Gasteiger partial charge < -0.3 is 9.72 Å². The van der Waals surface area contributed by atoms with Crippen LogP contribution in [0.15, 0.2) is 11.0 Å². The predicted molar refractivity (Wildman–Crippen MR) is 51.4 cm³/mol. The molecule has 5 heteroatoms. The number of nitrogens with one attached hydrogen (secondary N) is 1. The van der Waals surface area contributed by atoms with E-state index in [0.717, 1.165) is 4.57 Å². The van der Waals surface area contributed by atoms with Crippen LogP contribution in [0.4, 0.5) is 4.79 Å². The molecule has 0 aliphatic heterocycles. The fourth-order valence-corrected chi connectivity index (χ4v) is 0.960. The van der Waals surface area contributed by atoms with Crippen LogP contribution < -0.4 is 5.69 Å². The molecule has 1 heterocycles. The maximum absolute atomic E-state index is 11.4. The van der Waals surface area contributed by atoms with Crippen molar-refractivity contribution in [3.05, 3.63) is 22.4 Å². The van der Waals surface area contributed by atoms with Gasteiger partial charge in [0, 0.05) is 11.9 Å². The Labute approximate surface area is 81.7 Å². The second-order valence-corrected chi connectivity index (χ2v) is 4.09. The minimum Gasteiger partial charge on any atom is -0.443 e. The largest absolute Gasteiger partial charge is 0.443 e. The van der Waals surface area contributed by atoms with Gasteiger partial charge in [-0.15, -0.1) is 0 Å². The lowest BCUT2D eigenvalue weighted by Crippen LogP contribution is -2.31. The summed E-state index contributed by atoms with van der Waals surface area (Å²) in [4.78, 5) is 25.1. The fraction of sp³-hybridized carbons (Fsp3) is 0.556. The van der Waals surface area contributed by atoms with Gasteiger partial charge in [0.2, 0.25) is 0 Å². The van der Waals surface area contributed by atoms with Gasteiger partial charge >= 0.3 is 11.8 Å². The van der Waals surface area contributed by atoms with E-state index in [1.165, 1.54) is 6.20 Å². The number of rotatable bonds is 0. The molecule has 0 aromatic carbocycles. The predicted octanol–water partition coefficient (Wildman–Crippen LogP) is 1.27. The summed E-state index contributed by atoms with van der Waals surface area (Å²) in [5, 5.41) is 0. The third-order valence-electron chi connectivity index (χ3n) is 1.44. The first-order chi connectivity index (χ1) is 6.29. The van der Waals surface area contributed by atoms with E-state index < -0.39 is 17.4 Å². The highest BCUT2D eigenvalue weighted by molar-refractivity contribution is 5.70. The first-order valence-corrected chi connectivity index (χ1v) is 4.31. The number of carbonyl (C=O) groups is 1. The van der Waals surface area contributed by atoms with Crippen LogP contribution in [-0.4, -0.2) is 21.2 Å². The first kappa shape index (κ1) is 10.6. The smallest absolute Gasteiger partial charge is 0.422 e. The number of aromatic amines is 1. The zero-order chi connectivity index (χ0) is 10.9. The average molecular weight is 198 g/mol. The standard InChI is InChI=1S/C9H14N2O3/c1-6-5-11(7(12)10-6)8(13)14-9(2,3)4/h5H,1-4H3,(H,10,12). The van der Waals surface area contributed by atoms with Crippen LogP contribution in [0.5, 0.6) is 0 Å². The van der Waals surface area contributed by atoms with Crippen molar-refractivity contribution in [2.45, 2.75) is 33.3 Å². The molecule has 0 aliphatic rings.